The third-order valence-electron chi connectivity index (χ3n) is 1.66. The largest absolute Gasteiger partial charge is 0.502 e. The van der Waals surface area contributed by atoms with E-state index < -0.39 is 21.3 Å². The molecule has 16 heavy (non-hydrogen) atoms. The number of phenols is 1. The van der Waals surface area contributed by atoms with Gasteiger partial charge in [-0.05, 0) is 6.07 Å². The van der Waals surface area contributed by atoms with Crippen molar-refractivity contribution in [3.05, 3.63) is 49.1 Å². The average molecular weight is 245 g/mol. The Morgan fingerprint density at radius 3 is 2.44 bits per heavy atom. The van der Waals surface area contributed by atoms with Gasteiger partial charge in [-0.25, -0.2) is 0 Å². The summed E-state index contributed by atoms with van der Waals surface area (Å²) in [5, 5.41) is 30.0. The number of phenolic OH excluding ortho intramolecular Hbond substituents is 1. The highest BCUT2D eigenvalue weighted by Gasteiger charge is 2.17. The van der Waals surface area contributed by atoms with Crippen LogP contribution < -0.4 is 0 Å². The summed E-state index contributed by atoms with van der Waals surface area (Å²) in [6.45, 7) is 0. The highest BCUT2D eigenvalue weighted by molar-refractivity contribution is 6.31. The van der Waals surface area contributed by atoms with Crippen molar-refractivity contribution >= 4 is 23.4 Å². The summed E-state index contributed by atoms with van der Waals surface area (Å²) in [5.74, 6) is -0.660. The molecule has 1 aromatic rings. The molecule has 0 atom stereocenters. The van der Waals surface area contributed by atoms with Crippen LogP contribution in [0.5, 0.6) is 5.75 Å². The topological polar surface area (TPSA) is 107 Å². The monoisotopic (exact) mass is 244 g/mol. The third-order valence-corrected chi connectivity index (χ3v) is 1.87. The van der Waals surface area contributed by atoms with Gasteiger partial charge in [0.15, 0.2) is 0 Å². The molecule has 1 N–H and O–H groups in total. The lowest BCUT2D eigenvalue weighted by atomic mass is 10.1. The van der Waals surface area contributed by atoms with E-state index in [0.29, 0.717) is 6.20 Å². The van der Waals surface area contributed by atoms with Crippen LogP contribution in [0.1, 0.15) is 5.56 Å². The highest BCUT2D eigenvalue weighted by atomic mass is 35.5. The van der Waals surface area contributed by atoms with E-state index in [1.165, 1.54) is 6.07 Å². The molecular weight excluding hydrogens is 240 g/mol. The first-order chi connectivity index (χ1) is 7.41. The van der Waals surface area contributed by atoms with Crippen molar-refractivity contribution in [1.82, 2.24) is 0 Å². The molecular formula is C8H5ClN2O5. The number of nitro benzene ring substituents is 1. The Morgan fingerprint density at radius 2 is 1.94 bits per heavy atom. The fourth-order valence-corrected chi connectivity index (χ4v) is 1.23. The molecule has 0 radical (unpaired) electrons. The fraction of sp³-hybridized carbons (Fsp3) is 0. The van der Waals surface area contributed by atoms with E-state index >= 15 is 0 Å². The van der Waals surface area contributed by atoms with Crippen LogP contribution in [0.25, 0.3) is 6.08 Å². The summed E-state index contributed by atoms with van der Waals surface area (Å²) in [4.78, 5) is 19.0. The van der Waals surface area contributed by atoms with Crippen LogP contribution in [0, 0.1) is 20.2 Å². The Hall–Kier alpha value is -2.15. The van der Waals surface area contributed by atoms with Crippen LogP contribution >= 0.6 is 11.6 Å². The number of nitrogens with zero attached hydrogens (tertiary/aromatic N) is 2. The Balaban J connectivity index is 3.29. The SMILES string of the molecule is O=[N+]([O-])C=Cc1cc(Cl)cc([N+](=O)[O-])c1O. The molecule has 7 nitrogen and oxygen atoms in total. The normalized spacial score (nSPS) is 10.6. The second-order valence-corrected chi connectivity index (χ2v) is 3.16. The quantitative estimate of drug-likeness (QED) is 0.648. The van der Waals surface area contributed by atoms with Gasteiger partial charge in [0.1, 0.15) is 0 Å². The van der Waals surface area contributed by atoms with Gasteiger partial charge < -0.3 is 5.11 Å². The fourth-order valence-electron chi connectivity index (χ4n) is 1.01. The molecule has 0 aromatic heterocycles. The van der Waals surface area contributed by atoms with Crippen LogP contribution in [-0.4, -0.2) is 15.0 Å². The second-order valence-electron chi connectivity index (χ2n) is 2.72. The lowest BCUT2D eigenvalue weighted by Crippen LogP contribution is -1.91. The zero-order valence-electron chi connectivity index (χ0n) is 7.66. The zero-order chi connectivity index (χ0) is 12.3. The van der Waals surface area contributed by atoms with Crippen molar-refractivity contribution in [3.8, 4) is 5.75 Å². The lowest BCUT2D eigenvalue weighted by Gasteiger charge is -2.00. The molecule has 0 aliphatic heterocycles. The van der Waals surface area contributed by atoms with Crippen molar-refractivity contribution in [3.63, 3.8) is 0 Å². The molecule has 0 bridgehead atoms. The number of aromatic hydroxyl groups is 1. The van der Waals surface area contributed by atoms with Crippen LogP contribution in [0.15, 0.2) is 18.3 Å². The van der Waals surface area contributed by atoms with Gasteiger partial charge in [0.05, 0.1) is 9.85 Å². The van der Waals surface area contributed by atoms with Gasteiger partial charge in [-0.3, -0.25) is 20.2 Å². The summed E-state index contributed by atoms with van der Waals surface area (Å²) in [6, 6.07) is 2.14. The highest BCUT2D eigenvalue weighted by Crippen LogP contribution is 2.33. The maximum Gasteiger partial charge on any atom is 0.312 e. The van der Waals surface area contributed by atoms with E-state index in [0.717, 1.165) is 12.1 Å². The molecule has 0 aliphatic carbocycles. The minimum atomic E-state index is -0.829. The molecule has 0 aliphatic rings. The molecule has 1 rings (SSSR count). The number of nitro groups is 2. The van der Waals surface area contributed by atoms with Crippen molar-refractivity contribution in [2.45, 2.75) is 0 Å². The first-order valence-corrected chi connectivity index (χ1v) is 4.28. The zero-order valence-corrected chi connectivity index (χ0v) is 8.42. The van der Waals surface area contributed by atoms with Crippen molar-refractivity contribution in [2.24, 2.45) is 0 Å². The summed E-state index contributed by atoms with van der Waals surface area (Å²) in [5.41, 5.74) is -0.689. The maximum absolute atomic E-state index is 10.5. The molecule has 0 fully saturated rings. The number of hydrogen-bond acceptors (Lipinski definition) is 5. The number of benzene rings is 1. The van der Waals surface area contributed by atoms with Crippen LogP contribution in [0.4, 0.5) is 5.69 Å². The summed E-state index contributed by atoms with van der Waals surface area (Å²) in [6.07, 6.45) is 1.48. The van der Waals surface area contributed by atoms with Crippen molar-refractivity contribution < 1.29 is 15.0 Å². The van der Waals surface area contributed by atoms with E-state index in [4.69, 9.17) is 11.6 Å². The summed E-state index contributed by atoms with van der Waals surface area (Å²) < 4.78 is 0. The molecule has 8 heteroatoms. The van der Waals surface area contributed by atoms with Gasteiger partial charge in [-0.1, -0.05) is 11.6 Å². The first kappa shape index (κ1) is 11.9. The predicted molar refractivity (Wildman–Crippen MR) is 55.8 cm³/mol. The Morgan fingerprint density at radius 1 is 1.31 bits per heavy atom. The minimum absolute atomic E-state index is 0.00694. The maximum atomic E-state index is 10.5. The number of halogens is 1. The molecule has 0 unspecified atom stereocenters. The van der Waals surface area contributed by atoms with Gasteiger partial charge in [0, 0.05) is 22.7 Å². The van der Waals surface area contributed by atoms with Crippen molar-refractivity contribution in [1.29, 1.82) is 0 Å². The van der Waals surface area contributed by atoms with E-state index in [-0.39, 0.29) is 10.6 Å². The van der Waals surface area contributed by atoms with Crippen LogP contribution in [-0.2, 0) is 0 Å². The second kappa shape index (κ2) is 4.58. The molecule has 1 aromatic carbocycles. The standard InChI is InChI=1S/C8H5ClN2O5/c9-6-3-5(1-2-10(13)14)8(12)7(4-6)11(15)16/h1-4,12H. The van der Waals surface area contributed by atoms with E-state index in [9.17, 15) is 25.3 Å². The van der Waals surface area contributed by atoms with Crippen molar-refractivity contribution in [2.75, 3.05) is 0 Å². The Labute approximate surface area is 93.9 Å². The lowest BCUT2D eigenvalue weighted by molar-refractivity contribution is -0.401. The van der Waals surface area contributed by atoms with Crippen LogP contribution in [0.3, 0.4) is 0 Å². The van der Waals surface area contributed by atoms with Crippen LogP contribution in [0.2, 0.25) is 5.02 Å². The number of hydrogen-bond donors (Lipinski definition) is 1. The average Bonchev–Trinajstić information content (AvgIpc) is 2.18. The molecule has 0 spiro atoms. The minimum Gasteiger partial charge on any atom is -0.502 e. The molecule has 0 amide bonds. The third kappa shape index (κ3) is 2.67. The predicted octanol–water partition coefficient (Wildman–Crippen LogP) is 2.20. The summed E-state index contributed by atoms with van der Waals surface area (Å²) >= 11 is 5.56. The molecule has 0 saturated carbocycles. The van der Waals surface area contributed by atoms with Gasteiger partial charge >= 0.3 is 5.69 Å². The summed E-state index contributed by atoms with van der Waals surface area (Å²) in [7, 11) is 0. The molecule has 0 heterocycles. The van der Waals surface area contributed by atoms with E-state index in [2.05, 4.69) is 0 Å². The van der Waals surface area contributed by atoms with E-state index in [1.54, 1.807) is 0 Å². The Kier molecular flexibility index (Phi) is 3.41. The molecule has 84 valence electrons. The van der Waals surface area contributed by atoms with Gasteiger partial charge in [0.2, 0.25) is 11.9 Å². The smallest absolute Gasteiger partial charge is 0.312 e. The molecule has 0 saturated heterocycles. The Bertz CT molecular complexity index is 486. The number of rotatable bonds is 3. The van der Waals surface area contributed by atoms with Gasteiger partial charge in [-0.2, -0.15) is 0 Å². The first-order valence-electron chi connectivity index (χ1n) is 3.90. The van der Waals surface area contributed by atoms with E-state index in [1.807, 2.05) is 0 Å². The van der Waals surface area contributed by atoms with Gasteiger partial charge in [0.25, 0.3) is 0 Å². The van der Waals surface area contributed by atoms with Gasteiger partial charge in [-0.15, -0.1) is 0 Å².